The standard InChI is InChI=1S/C21H29F3N4O5S/c1-11-14-6-13(4-5-21(11,14)19-25-8-12(22)9-26-19)33-10-17-15(27-34(3,30)31)7-16(18(23)24)28(17)20(29)32-2/h8-9,11,13-18,27H,4-7,10H2,1-3H3/t11-,13-,14+,15-,16-,17-,21+/m0/s1. The lowest BCUT2D eigenvalue weighted by Gasteiger charge is -2.33. The van der Waals surface area contributed by atoms with Crippen molar-refractivity contribution in [2.24, 2.45) is 11.8 Å². The van der Waals surface area contributed by atoms with E-state index < -0.39 is 46.5 Å². The van der Waals surface area contributed by atoms with E-state index in [0.717, 1.165) is 37.1 Å². The van der Waals surface area contributed by atoms with Crippen LogP contribution < -0.4 is 4.72 Å². The molecule has 1 aromatic heterocycles. The summed E-state index contributed by atoms with van der Waals surface area (Å²) >= 11 is 0. The quantitative estimate of drug-likeness (QED) is 0.603. The monoisotopic (exact) mass is 506 g/mol. The Morgan fingerprint density at radius 3 is 2.56 bits per heavy atom. The first-order valence-corrected chi connectivity index (χ1v) is 13.1. The van der Waals surface area contributed by atoms with Crippen molar-refractivity contribution < 1.29 is 35.9 Å². The van der Waals surface area contributed by atoms with Gasteiger partial charge >= 0.3 is 6.09 Å². The first-order valence-electron chi connectivity index (χ1n) is 11.2. The average molecular weight is 507 g/mol. The molecule has 0 radical (unpaired) electrons. The third-order valence-corrected chi connectivity index (χ3v) is 8.35. The van der Waals surface area contributed by atoms with Crippen LogP contribution >= 0.6 is 0 Å². The number of nitrogens with one attached hydrogen (secondary N) is 1. The van der Waals surface area contributed by atoms with Crippen LogP contribution in [-0.4, -0.2) is 80.0 Å². The molecule has 4 rings (SSSR count). The number of methoxy groups -OCH3 is 1. The first kappa shape index (κ1) is 25.1. The fourth-order valence-corrected chi connectivity index (χ4v) is 6.75. The number of carbonyl (C=O) groups excluding carboxylic acids is 1. The summed E-state index contributed by atoms with van der Waals surface area (Å²) in [4.78, 5) is 21.6. The second-order valence-corrected chi connectivity index (χ2v) is 11.2. The maximum Gasteiger partial charge on any atom is 0.410 e. The molecule has 1 N–H and O–H groups in total. The number of nitrogens with zero attached hydrogens (tertiary/aromatic N) is 3. The molecule has 9 nitrogen and oxygen atoms in total. The second-order valence-electron chi connectivity index (χ2n) is 9.47. The molecule has 190 valence electrons. The lowest BCUT2D eigenvalue weighted by Crippen LogP contribution is -2.51. The number of hydrogen-bond acceptors (Lipinski definition) is 7. The van der Waals surface area contributed by atoms with Crippen LogP contribution in [0.2, 0.25) is 0 Å². The highest BCUT2D eigenvalue weighted by atomic mass is 32.2. The Hall–Kier alpha value is -1.99. The van der Waals surface area contributed by atoms with E-state index in [4.69, 9.17) is 9.47 Å². The highest BCUT2D eigenvalue weighted by Gasteiger charge is 2.66. The zero-order chi connectivity index (χ0) is 24.8. The first-order chi connectivity index (χ1) is 16.0. The van der Waals surface area contributed by atoms with Crippen LogP contribution in [0.5, 0.6) is 0 Å². The van der Waals surface area contributed by atoms with E-state index >= 15 is 0 Å². The summed E-state index contributed by atoms with van der Waals surface area (Å²) in [5.41, 5.74) is -0.222. The molecule has 1 amide bonds. The number of aromatic nitrogens is 2. The van der Waals surface area contributed by atoms with E-state index in [1.54, 1.807) is 0 Å². The van der Waals surface area contributed by atoms with E-state index in [1.165, 1.54) is 0 Å². The lowest BCUT2D eigenvalue weighted by molar-refractivity contribution is -0.0239. The summed E-state index contributed by atoms with van der Waals surface area (Å²) in [6.45, 7) is 1.98. The molecule has 0 aromatic carbocycles. The highest BCUT2D eigenvalue weighted by molar-refractivity contribution is 7.88. The number of carbonyl (C=O) groups is 1. The molecule has 1 saturated heterocycles. The van der Waals surface area contributed by atoms with E-state index in [9.17, 15) is 26.4 Å². The Morgan fingerprint density at radius 2 is 2.00 bits per heavy atom. The molecule has 0 unspecified atom stereocenters. The summed E-state index contributed by atoms with van der Waals surface area (Å²) in [6.07, 6.45) is 1.05. The molecule has 34 heavy (non-hydrogen) atoms. The van der Waals surface area contributed by atoms with E-state index in [2.05, 4.69) is 21.6 Å². The second kappa shape index (κ2) is 9.23. The minimum absolute atomic E-state index is 0.114. The number of ether oxygens (including phenoxy) is 2. The Balaban J connectivity index is 1.45. The van der Waals surface area contributed by atoms with Crippen molar-refractivity contribution in [1.82, 2.24) is 19.6 Å². The number of alkyl halides is 2. The van der Waals surface area contributed by atoms with Gasteiger partial charge in [-0.1, -0.05) is 6.92 Å². The Bertz CT molecular complexity index is 1010. The summed E-state index contributed by atoms with van der Waals surface area (Å²) in [6, 6.07) is -3.36. The number of hydrogen-bond donors (Lipinski definition) is 1. The van der Waals surface area contributed by atoms with Gasteiger partial charge in [0.15, 0.2) is 5.82 Å². The van der Waals surface area contributed by atoms with Gasteiger partial charge in [0.05, 0.1) is 50.6 Å². The van der Waals surface area contributed by atoms with Gasteiger partial charge < -0.3 is 9.47 Å². The molecule has 2 heterocycles. The van der Waals surface area contributed by atoms with Gasteiger partial charge in [-0.15, -0.1) is 0 Å². The maximum atomic E-state index is 13.7. The van der Waals surface area contributed by atoms with Gasteiger partial charge in [-0.3, -0.25) is 4.90 Å². The van der Waals surface area contributed by atoms with Crippen LogP contribution in [-0.2, 0) is 24.9 Å². The fourth-order valence-electron chi connectivity index (χ4n) is 5.94. The summed E-state index contributed by atoms with van der Waals surface area (Å²) in [5, 5.41) is 0. The molecule has 3 aliphatic rings. The van der Waals surface area contributed by atoms with Gasteiger partial charge in [0, 0.05) is 11.5 Å². The molecular weight excluding hydrogens is 477 g/mol. The number of fused-ring (bicyclic) bond motifs is 1. The SMILES string of the molecule is COC(=O)N1[C@H](C(F)F)C[C@H](NS(C)(=O)=O)[C@@H]1CO[C@H]1CC[C@]2(c3ncc(F)cn3)[C@H](C1)[C@@H]2C. The van der Waals surface area contributed by atoms with Gasteiger partial charge in [0.2, 0.25) is 10.0 Å². The molecule has 13 heteroatoms. The van der Waals surface area contributed by atoms with Crippen LogP contribution in [0.4, 0.5) is 18.0 Å². The highest BCUT2D eigenvalue weighted by Crippen LogP contribution is 2.66. The minimum atomic E-state index is -3.71. The van der Waals surface area contributed by atoms with Crippen LogP contribution in [0.3, 0.4) is 0 Å². The van der Waals surface area contributed by atoms with Crippen LogP contribution in [0, 0.1) is 17.7 Å². The molecule has 7 atom stereocenters. The van der Waals surface area contributed by atoms with Gasteiger partial charge in [-0.05, 0) is 37.5 Å². The number of halogens is 3. The predicted octanol–water partition coefficient (Wildman–Crippen LogP) is 2.08. The molecule has 1 aromatic rings. The third-order valence-electron chi connectivity index (χ3n) is 7.62. The van der Waals surface area contributed by atoms with E-state index in [1.807, 2.05) is 0 Å². The normalized spacial score (nSPS) is 35.3. The molecule has 2 saturated carbocycles. The summed E-state index contributed by atoms with van der Waals surface area (Å²) < 4.78 is 77.4. The Kier molecular flexibility index (Phi) is 6.82. The number of rotatable bonds is 7. The lowest BCUT2D eigenvalue weighted by atomic mass is 9.85. The average Bonchev–Trinajstić information content (AvgIpc) is 3.20. The Labute approximate surface area is 196 Å². The minimum Gasteiger partial charge on any atom is -0.453 e. The van der Waals surface area contributed by atoms with Crippen molar-refractivity contribution in [3.05, 3.63) is 24.0 Å². The van der Waals surface area contributed by atoms with E-state index in [-0.39, 0.29) is 36.4 Å². The summed E-state index contributed by atoms with van der Waals surface area (Å²) in [5.74, 6) is 0.644. The largest absolute Gasteiger partial charge is 0.453 e. The van der Waals surface area contributed by atoms with Gasteiger partial charge in [-0.2, -0.15) is 0 Å². The van der Waals surface area contributed by atoms with Crippen molar-refractivity contribution in [3.8, 4) is 0 Å². The topological polar surface area (TPSA) is 111 Å². The number of likely N-dealkylation sites (tertiary alicyclic amines) is 1. The van der Waals surface area contributed by atoms with Crippen molar-refractivity contribution in [2.75, 3.05) is 20.0 Å². The van der Waals surface area contributed by atoms with Crippen LogP contribution in [0.1, 0.15) is 38.4 Å². The van der Waals surface area contributed by atoms with E-state index in [0.29, 0.717) is 18.7 Å². The molecule has 0 spiro atoms. The third kappa shape index (κ3) is 4.61. The predicted molar refractivity (Wildman–Crippen MR) is 114 cm³/mol. The van der Waals surface area contributed by atoms with Crippen molar-refractivity contribution in [2.45, 2.75) is 68.7 Å². The van der Waals surface area contributed by atoms with Crippen molar-refractivity contribution in [3.63, 3.8) is 0 Å². The van der Waals surface area contributed by atoms with Gasteiger partial charge in [-0.25, -0.2) is 41.1 Å². The summed E-state index contributed by atoms with van der Waals surface area (Å²) in [7, 11) is -2.62. The van der Waals surface area contributed by atoms with Gasteiger partial charge in [0.25, 0.3) is 6.43 Å². The molecule has 0 bridgehead atoms. The number of amides is 1. The maximum absolute atomic E-state index is 13.7. The van der Waals surface area contributed by atoms with Crippen LogP contribution in [0.25, 0.3) is 0 Å². The van der Waals surface area contributed by atoms with Crippen molar-refractivity contribution >= 4 is 16.1 Å². The van der Waals surface area contributed by atoms with Crippen molar-refractivity contribution in [1.29, 1.82) is 0 Å². The molecule has 1 aliphatic heterocycles. The fraction of sp³-hybridized carbons (Fsp3) is 0.762. The molecular formula is C21H29F3N4O5S. The smallest absolute Gasteiger partial charge is 0.410 e. The Morgan fingerprint density at radius 1 is 1.32 bits per heavy atom. The molecule has 2 aliphatic carbocycles. The molecule has 3 fully saturated rings. The van der Waals surface area contributed by atoms with Gasteiger partial charge in [0.1, 0.15) is 5.82 Å². The zero-order valence-electron chi connectivity index (χ0n) is 19.2. The number of sulfonamides is 1. The zero-order valence-corrected chi connectivity index (χ0v) is 20.0. The van der Waals surface area contributed by atoms with Crippen LogP contribution in [0.15, 0.2) is 12.4 Å².